The minimum absolute atomic E-state index is 0.457. The van der Waals surface area contributed by atoms with Gasteiger partial charge in [-0.15, -0.1) is 5.01 Å². The van der Waals surface area contributed by atoms with Gasteiger partial charge in [-0.2, -0.15) is 5.10 Å². The molecule has 7 heteroatoms. The Bertz CT molecular complexity index is 851. The van der Waals surface area contributed by atoms with Crippen LogP contribution in [0.25, 0.3) is 0 Å². The highest BCUT2D eigenvalue weighted by Gasteiger charge is 2.49. The van der Waals surface area contributed by atoms with E-state index in [-0.39, 0.29) is 0 Å². The van der Waals surface area contributed by atoms with Crippen LogP contribution in [-0.2, 0) is 10.3 Å². The fourth-order valence-electron chi connectivity index (χ4n) is 2.56. The van der Waals surface area contributed by atoms with Gasteiger partial charge in [0.2, 0.25) is 0 Å². The van der Waals surface area contributed by atoms with Crippen LogP contribution in [0.2, 0.25) is 5.02 Å². The molecule has 0 unspecified atom stereocenters. The van der Waals surface area contributed by atoms with Gasteiger partial charge in [0.1, 0.15) is 11.3 Å². The lowest BCUT2D eigenvalue weighted by molar-refractivity contribution is -0.131. The molecule has 0 saturated carbocycles. The molecule has 1 N–H and O–H groups in total. The van der Waals surface area contributed by atoms with Gasteiger partial charge in [0.25, 0.3) is 5.91 Å². The standard InChI is InChI=1S/C18H16ClN3O3/c1-18(13-6-8-15(25-2)9-7-13)16(23)22(17(24)21-18)20-11-12-4-3-5-14(19)10-12/h3-11H,1-2H3,(H,21,24)/t18-/m1/s1. The molecular formula is C18H16ClN3O3. The first-order chi connectivity index (χ1) is 11.9. The number of ether oxygens (including phenoxy) is 1. The molecule has 6 nitrogen and oxygen atoms in total. The number of nitrogens with zero attached hydrogens (tertiary/aromatic N) is 2. The molecule has 2 aromatic carbocycles. The third kappa shape index (κ3) is 3.21. The molecule has 3 amide bonds. The van der Waals surface area contributed by atoms with Crippen molar-refractivity contribution in [2.75, 3.05) is 7.11 Å². The molecule has 2 aromatic rings. The highest BCUT2D eigenvalue weighted by Crippen LogP contribution is 2.30. The smallest absolute Gasteiger partial charge is 0.346 e. The summed E-state index contributed by atoms with van der Waals surface area (Å²) in [5.41, 5.74) is 0.146. The molecule has 0 aromatic heterocycles. The Morgan fingerprint density at radius 3 is 2.56 bits per heavy atom. The third-order valence-electron chi connectivity index (χ3n) is 4.01. The van der Waals surface area contributed by atoms with E-state index in [0.717, 1.165) is 5.01 Å². The number of halogens is 1. The second-order valence-electron chi connectivity index (χ2n) is 5.70. The highest BCUT2D eigenvalue weighted by atomic mass is 35.5. The van der Waals surface area contributed by atoms with Crippen molar-refractivity contribution < 1.29 is 14.3 Å². The summed E-state index contributed by atoms with van der Waals surface area (Å²) in [4.78, 5) is 25.0. The van der Waals surface area contributed by atoms with Crippen LogP contribution in [0.3, 0.4) is 0 Å². The molecule has 1 fully saturated rings. The molecule has 1 atom stereocenters. The number of rotatable bonds is 4. The monoisotopic (exact) mass is 357 g/mol. The summed E-state index contributed by atoms with van der Waals surface area (Å²) in [6.45, 7) is 1.64. The fourth-order valence-corrected chi connectivity index (χ4v) is 2.76. The molecule has 0 aliphatic carbocycles. The van der Waals surface area contributed by atoms with Crippen molar-refractivity contribution in [1.82, 2.24) is 10.3 Å². The average molecular weight is 358 g/mol. The van der Waals surface area contributed by atoms with Crippen molar-refractivity contribution in [3.05, 3.63) is 64.7 Å². The van der Waals surface area contributed by atoms with Crippen LogP contribution in [-0.4, -0.2) is 30.3 Å². The first-order valence-electron chi connectivity index (χ1n) is 7.55. The predicted octanol–water partition coefficient (Wildman–Crippen LogP) is 3.15. The summed E-state index contributed by atoms with van der Waals surface area (Å²) in [7, 11) is 1.56. The van der Waals surface area contributed by atoms with E-state index in [1.165, 1.54) is 6.21 Å². The molecule has 1 aliphatic heterocycles. The van der Waals surface area contributed by atoms with Gasteiger partial charge in [0, 0.05) is 5.02 Å². The van der Waals surface area contributed by atoms with Crippen LogP contribution in [0.15, 0.2) is 53.6 Å². The van der Waals surface area contributed by atoms with Gasteiger partial charge in [-0.3, -0.25) is 4.79 Å². The maximum absolute atomic E-state index is 12.8. The maximum atomic E-state index is 12.8. The zero-order chi connectivity index (χ0) is 18.0. The molecule has 0 bridgehead atoms. The summed E-state index contributed by atoms with van der Waals surface area (Å²) in [5, 5.41) is 8.07. The van der Waals surface area contributed by atoms with E-state index in [1.807, 2.05) is 0 Å². The molecular weight excluding hydrogens is 342 g/mol. The van der Waals surface area contributed by atoms with Crippen LogP contribution in [0.1, 0.15) is 18.1 Å². The highest BCUT2D eigenvalue weighted by molar-refractivity contribution is 6.30. The molecule has 128 valence electrons. The Labute approximate surface area is 150 Å². The number of hydrogen-bond acceptors (Lipinski definition) is 4. The topological polar surface area (TPSA) is 71.0 Å². The van der Waals surface area contributed by atoms with Crippen LogP contribution in [0.4, 0.5) is 4.79 Å². The third-order valence-corrected chi connectivity index (χ3v) is 4.24. The van der Waals surface area contributed by atoms with Gasteiger partial charge in [-0.1, -0.05) is 35.9 Å². The zero-order valence-corrected chi connectivity index (χ0v) is 14.4. The maximum Gasteiger partial charge on any atom is 0.346 e. The van der Waals surface area contributed by atoms with Crippen molar-refractivity contribution in [3.63, 3.8) is 0 Å². The van der Waals surface area contributed by atoms with Crippen molar-refractivity contribution >= 4 is 29.8 Å². The summed E-state index contributed by atoms with van der Waals surface area (Å²) < 4.78 is 5.11. The Kier molecular flexibility index (Phi) is 4.46. The van der Waals surface area contributed by atoms with Crippen LogP contribution < -0.4 is 10.1 Å². The Morgan fingerprint density at radius 2 is 1.92 bits per heavy atom. The fraction of sp³-hybridized carbons (Fsp3) is 0.167. The van der Waals surface area contributed by atoms with E-state index in [2.05, 4.69) is 10.4 Å². The number of nitrogens with one attached hydrogen (secondary N) is 1. The SMILES string of the molecule is COc1ccc([C@@]2(C)NC(=O)N(N=Cc3cccc(Cl)c3)C2=O)cc1. The van der Waals surface area contributed by atoms with Gasteiger partial charge in [0.05, 0.1) is 13.3 Å². The van der Waals surface area contributed by atoms with Crippen LogP contribution in [0.5, 0.6) is 5.75 Å². The summed E-state index contributed by atoms with van der Waals surface area (Å²) >= 11 is 5.92. The van der Waals surface area contributed by atoms with E-state index >= 15 is 0 Å². The van der Waals surface area contributed by atoms with Crippen molar-refractivity contribution in [2.24, 2.45) is 5.10 Å². The number of carbonyl (C=O) groups excluding carboxylic acids is 2. The minimum atomic E-state index is -1.19. The normalized spacial score (nSPS) is 20.2. The summed E-state index contributed by atoms with van der Waals surface area (Å²) in [6.07, 6.45) is 1.42. The average Bonchev–Trinajstić information content (AvgIpc) is 2.83. The Balaban J connectivity index is 1.86. The zero-order valence-electron chi connectivity index (χ0n) is 13.7. The number of methoxy groups -OCH3 is 1. The lowest BCUT2D eigenvalue weighted by atomic mass is 9.92. The van der Waals surface area contributed by atoms with Crippen molar-refractivity contribution in [3.8, 4) is 5.75 Å². The van der Waals surface area contributed by atoms with E-state index in [9.17, 15) is 9.59 Å². The number of imide groups is 1. The van der Waals surface area contributed by atoms with E-state index in [1.54, 1.807) is 62.6 Å². The first kappa shape index (κ1) is 17.0. The molecule has 0 spiro atoms. The van der Waals surface area contributed by atoms with Gasteiger partial charge < -0.3 is 10.1 Å². The molecule has 1 heterocycles. The predicted molar refractivity (Wildman–Crippen MR) is 94.8 cm³/mol. The molecule has 1 aliphatic rings. The van der Waals surface area contributed by atoms with Gasteiger partial charge in [0.15, 0.2) is 0 Å². The summed E-state index contributed by atoms with van der Waals surface area (Å²) in [5.74, 6) is 0.209. The van der Waals surface area contributed by atoms with Gasteiger partial charge in [-0.25, -0.2) is 4.79 Å². The Hall–Kier alpha value is -2.86. The molecule has 0 radical (unpaired) electrons. The first-order valence-corrected chi connectivity index (χ1v) is 7.92. The number of hydrogen-bond donors (Lipinski definition) is 1. The van der Waals surface area contributed by atoms with Crippen LogP contribution in [0, 0.1) is 0 Å². The molecule has 25 heavy (non-hydrogen) atoms. The van der Waals surface area contributed by atoms with Gasteiger partial charge in [-0.05, 0) is 42.3 Å². The lowest BCUT2D eigenvalue weighted by Crippen LogP contribution is -2.40. The number of carbonyl (C=O) groups is 2. The Morgan fingerprint density at radius 1 is 1.20 bits per heavy atom. The van der Waals surface area contributed by atoms with Crippen LogP contribution >= 0.6 is 11.6 Å². The molecule has 3 rings (SSSR count). The largest absolute Gasteiger partial charge is 0.497 e. The quantitative estimate of drug-likeness (QED) is 0.675. The van der Waals surface area contributed by atoms with Gasteiger partial charge >= 0.3 is 6.03 Å². The number of urea groups is 1. The van der Waals surface area contributed by atoms with E-state index < -0.39 is 17.5 Å². The second kappa shape index (κ2) is 6.57. The number of hydrazone groups is 1. The van der Waals surface area contributed by atoms with E-state index in [4.69, 9.17) is 16.3 Å². The minimum Gasteiger partial charge on any atom is -0.497 e. The summed E-state index contributed by atoms with van der Waals surface area (Å²) in [6, 6.07) is 13.3. The lowest BCUT2D eigenvalue weighted by Gasteiger charge is -2.21. The second-order valence-corrected chi connectivity index (χ2v) is 6.14. The van der Waals surface area contributed by atoms with Crippen molar-refractivity contribution in [1.29, 1.82) is 0 Å². The number of amides is 3. The van der Waals surface area contributed by atoms with E-state index in [0.29, 0.717) is 21.9 Å². The number of benzene rings is 2. The molecule has 1 saturated heterocycles. The van der Waals surface area contributed by atoms with Crippen molar-refractivity contribution in [2.45, 2.75) is 12.5 Å².